The first-order valence-corrected chi connectivity index (χ1v) is 5.65. The number of urea groups is 1. The second kappa shape index (κ2) is 5.16. The molecule has 82 valence electrons. The van der Waals surface area contributed by atoms with Gasteiger partial charge in [-0.2, -0.15) is 0 Å². The van der Waals surface area contributed by atoms with Crippen LogP contribution in [0.2, 0.25) is 0 Å². The lowest BCUT2D eigenvalue weighted by atomic mass is 10.1. The zero-order chi connectivity index (χ0) is 11.4. The van der Waals surface area contributed by atoms with Gasteiger partial charge in [-0.25, -0.2) is 4.79 Å². The fourth-order valence-corrected chi connectivity index (χ4v) is 2.17. The summed E-state index contributed by atoms with van der Waals surface area (Å²) in [6.45, 7) is 6.50. The second-order valence-electron chi connectivity index (χ2n) is 3.42. The van der Waals surface area contributed by atoms with Crippen LogP contribution in [0.4, 0.5) is 10.5 Å². The number of carbonyl (C=O) groups excluding carboxylic acids is 1. The molecule has 3 nitrogen and oxygen atoms in total. The number of nitrogens with one attached hydrogen (secondary N) is 2. The Morgan fingerprint density at radius 1 is 1.40 bits per heavy atom. The molecule has 0 aromatic heterocycles. The predicted octanol–water partition coefficient (Wildman–Crippen LogP) is 3.21. The highest BCUT2D eigenvalue weighted by Gasteiger charge is 2.07. The highest BCUT2D eigenvalue weighted by atomic mass is 79.9. The zero-order valence-corrected chi connectivity index (χ0v) is 10.7. The van der Waals surface area contributed by atoms with Gasteiger partial charge >= 0.3 is 6.03 Å². The Balaban J connectivity index is 2.90. The van der Waals surface area contributed by atoms with E-state index in [0.29, 0.717) is 6.54 Å². The molecule has 0 saturated heterocycles. The van der Waals surface area contributed by atoms with E-state index in [1.807, 2.05) is 32.9 Å². The molecule has 1 aromatic carbocycles. The molecule has 2 amide bonds. The molecule has 0 unspecified atom stereocenters. The molecule has 0 aliphatic rings. The van der Waals surface area contributed by atoms with Gasteiger partial charge in [0, 0.05) is 11.0 Å². The summed E-state index contributed by atoms with van der Waals surface area (Å²) >= 11 is 3.44. The molecule has 0 bridgehead atoms. The van der Waals surface area contributed by atoms with Crippen molar-refractivity contribution in [3.63, 3.8) is 0 Å². The van der Waals surface area contributed by atoms with Crippen LogP contribution in [0.15, 0.2) is 16.6 Å². The summed E-state index contributed by atoms with van der Waals surface area (Å²) in [6.07, 6.45) is 0. The topological polar surface area (TPSA) is 41.1 Å². The van der Waals surface area contributed by atoms with Crippen molar-refractivity contribution in [2.24, 2.45) is 0 Å². The summed E-state index contributed by atoms with van der Waals surface area (Å²) in [5, 5.41) is 5.50. The lowest BCUT2D eigenvalue weighted by Gasteiger charge is -2.11. The minimum Gasteiger partial charge on any atom is -0.338 e. The third-order valence-electron chi connectivity index (χ3n) is 2.01. The maximum atomic E-state index is 11.4. The maximum absolute atomic E-state index is 11.4. The number of halogens is 1. The fourth-order valence-electron chi connectivity index (χ4n) is 1.39. The van der Waals surface area contributed by atoms with E-state index in [-0.39, 0.29) is 6.03 Å². The van der Waals surface area contributed by atoms with Gasteiger partial charge in [0.05, 0.1) is 5.69 Å². The van der Waals surface area contributed by atoms with Gasteiger partial charge in [0.1, 0.15) is 0 Å². The van der Waals surface area contributed by atoms with Crippen molar-refractivity contribution in [3.8, 4) is 0 Å². The van der Waals surface area contributed by atoms with E-state index in [1.54, 1.807) is 0 Å². The molecule has 0 radical (unpaired) electrons. The van der Waals surface area contributed by atoms with Crippen LogP contribution in [0.3, 0.4) is 0 Å². The Morgan fingerprint density at radius 3 is 2.60 bits per heavy atom. The van der Waals surface area contributed by atoms with Gasteiger partial charge in [-0.3, -0.25) is 0 Å². The standard InChI is InChI=1S/C11H15BrN2O/c1-4-13-11(15)14-10-8(3)5-7(2)6-9(10)12/h5-6H,4H2,1-3H3,(H2,13,14,15). The van der Waals surface area contributed by atoms with Crippen LogP contribution < -0.4 is 10.6 Å². The number of carbonyl (C=O) groups is 1. The molecule has 0 heterocycles. The van der Waals surface area contributed by atoms with E-state index in [1.165, 1.54) is 5.56 Å². The number of amides is 2. The average Bonchev–Trinajstić information content (AvgIpc) is 2.11. The van der Waals surface area contributed by atoms with Crippen molar-refractivity contribution in [2.45, 2.75) is 20.8 Å². The number of hydrogen-bond acceptors (Lipinski definition) is 1. The fraction of sp³-hybridized carbons (Fsp3) is 0.364. The molecule has 1 aromatic rings. The van der Waals surface area contributed by atoms with Crippen LogP contribution in [0.5, 0.6) is 0 Å². The Labute approximate surface area is 98.4 Å². The molecule has 0 saturated carbocycles. The first kappa shape index (κ1) is 12.0. The molecule has 15 heavy (non-hydrogen) atoms. The van der Waals surface area contributed by atoms with Gasteiger partial charge in [0.25, 0.3) is 0 Å². The average molecular weight is 271 g/mol. The Kier molecular flexibility index (Phi) is 4.15. The second-order valence-corrected chi connectivity index (χ2v) is 4.28. The Morgan fingerprint density at radius 2 is 2.07 bits per heavy atom. The van der Waals surface area contributed by atoms with Gasteiger partial charge in [0.15, 0.2) is 0 Å². The number of aryl methyl sites for hydroxylation is 2. The van der Waals surface area contributed by atoms with E-state index < -0.39 is 0 Å². The molecule has 0 aliphatic heterocycles. The summed E-state index contributed by atoms with van der Waals surface area (Å²) in [5.41, 5.74) is 3.04. The molecule has 0 fully saturated rings. The van der Waals surface area contributed by atoms with Gasteiger partial charge in [-0.15, -0.1) is 0 Å². The van der Waals surface area contributed by atoms with Crippen LogP contribution in [0, 0.1) is 13.8 Å². The quantitative estimate of drug-likeness (QED) is 0.852. The molecule has 1 rings (SSSR count). The zero-order valence-electron chi connectivity index (χ0n) is 9.15. The van der Waals surface area contributed by atoms with Crippen molar-refractivity contribution < 1.29 is 4.79 Å². The maximum Gasteiger partial charge on any atom is 0.319 e. The third kappa shape index (κ3) is 3.23. The molecule has 2 N–H and O–H groups in total. The molecular weight excluding hydrogens is 256 g/mol. The molecule has 0 spiro atoms. The monoisotopic (exact) mass is 270 g/mol. The Bertz CT molecular complexity index is 354. The highest BCUT2D eigenvalue weighted by molar-refractivity contribution is 9.10. The molecule has 0 aliphatic carbocycles. The van der Waals surface area contributed by atoms with Gasteiger partial charge in [0.2, 0.25) is 0 Å². The minimum atomic E-state index is -0.176. The van der Waals surface area contributed by atoms with Crippen LogP contribution >= 0.6 is 15.9 Å². The highest BCUT2D eigenvalue weighted by Crippen LogP contribution is 2.27. The van der Waals surface area contributed by atoms with Gasteiger partial charge in [-0.05, 0) is 53.9 Å². The first-order chi connectivity index (χ1) is 7.04. The van der Waals surface area contributed by atoms with Crippen LogP contribution in [0.25, 0.3) is 0 Å². The lowest BCUT2D eigenvalue weighted by Crippen LogP contribution is -2.28. The minimum absolute atomic E-state index is 0.176. The van der Waals surface area contributed by atoms with Gasteiger partial charge < -0.3 is 10.6 Å². The Hall–Kier alpha value is -1.03. The first-order valence-electron chi connectivity index (χ1n) is 4.86. The van der Waals surface area contributed by atoms with E-state index in [4.69, 9.17) is 0 Å². The van der Waals surface area contributed by atoms with Crippen molar-refractivity contribution in [2.75, 3.05) is 11.9 Å². The van der Waals surface area contributed by atoms with Crippen LogP contribution in [-0.2, 0) is 0 Å². The van der Waals surface area contributed by atoms with Crippen LogP contribution in [0.1, 0.15) is 18.1 Å². The predicted molar refractivity (Wildman–Crippen MR) is 66.3 cm³/mol. The summed E-state index contributed by atoms with van der Waals surface area (Å²) < 4.78 is 0.909. The van der Waals surface area contributed by atoms with Crippen LogP contribution in [-0.4, -0.2) is 12.6 Å². The third-order valence-corrected chi connectivity index (χ3v) is 2.63. The lowest BCUT2D eigenvalue weighted by molar-refractivity contribution is 0.252. The number of rotatable bonds is 2. The van der Waals surface area contributed by atoms with E-state index in [2.05, 4.69) is 26.6 Å². The number of anilines is 1. The molecular formula is C11H15BrN2O. The smallest absolute Gasteiger partial charge is 0.319 e. The number of hydrogen-bond donors (Lipinski definition) is 2. The van der Waals surface area contributed by atoms with Crippen molar-refractivity contribution in [1.82, 2.24) is 5.32 Å². The summed E-state index contributed by atoms with van der Waals surface area (Å²) in [5.74, 6) is 0. The van der Waals surface area contributed by atoms with E-state index in [0.717, 1.165) is 15.7 Å². The summed E-state index contributed by atoms with van der Waals surface area (Å²) in [4.78, 5) is 11.4. The largest absolute Gasteiger partial charge is 0.338 e. The van der Waals surface area contributed by atoms with E-state index >= 15 is 0 Å². The van der Waals surface area contributed by atoms with Gasteiger partial charge in [-0.1, -0.05) is 6.07 Å². The number of benzene rings is 1. The molecule has 4 heteroatoms. The summed E-state index contributed by atoms with van der Waals surface area (Å²) in [7, 11) is 0. The normalized spacial score (nSPS) is 9.87. The van der Waals surface area contributed by atoms with Crippen molar-refractivity contribution in [1.29, 1.82) is 0 Å². The van der Waals surface area contributed by atoms with Crippen molar-refractivity contribution in [3.05, 3.63) is 27.7 Å². The SMILES string of the molecule is CCNC(=O)Nc1c(C)cc(C)cc1Br. The molecule has 0 atom stereocenters. The van der Waals surface area contributed by atoms with Crippen molar-refractivity contribution >= 4 is 27.6 Å². The summed E-state index contributed by atoms with van der Waals surface area (Å²) in [6, 6.07) is 3.84. The van der Waals surface area contributed by atoms with E-state index in [9.17, 15) is 4.79 Å².